The molecular formula is C18H13Cl2N3O. The van der Waals surface area contributed by atoms with Gasteiger partial charge in [-0.05, 0) is 29.8 Å². The summed E-state index contributed by atoms with van der Waals surface area (Å²) in [5.74, 6) is 0.416. The number of nitrogens with one attached hydrogen (secondary N) is 2. The Labute approximate surface area is 148 Å². The van der Waals surface area contributed by atoms with Crippen molar-refractivity contribution in [3.63, 3.8) is 0 Å². The molecule has 4 nitrogen and oxygen atoms in total. The van der Waals surface area contributed by atoms with Gasteiger partial charge in [-0.2, -0.15) is 5.10 Å². The van der Waals surface area contributed by atoms with Crippen LogP contribution in [0.5, 0.6) is 0 Å². The number of hydrogen-bond acceptors (Lipinski definition) is 2. The Bertz CT molecular complexity index is 918. The van der Waals surface area contributed by atoms with Crippen LogP contribution in [0.1, 0.15) is 23.5 Å². The van der Waals surface area contributed by atoms with Gasteiger partial charge in [0.15, 0.2) is 5.82 Å². The summed E-state index contributed by atoms with van der Waals surface area (Å²) in [7, 11) is 0. The first-order valence-electron chi connectivity index (χ1n) is 7.51. The van der Waals surface area contributed by atoms with E-state index in [2.05, 4.69) is 15.5 Å². The number of hydrogen-bond donors (Lipinski definition) is 2. The zero-order valence-corrected chi connectivity index (χ0v) is 14.0. The number of nitrogens with zero attached hydrogens (tertiary/aromatic N) is 1. The number of benzene rings is 2. The van der Waals surface area contributed by atoms with Crippen LogP contribution in [0.15, 0.2) is 48.5 Å². The van der Waals surface area contributed by atoms with Crippen molar-refractivity contribution < 1.29 is 4.79 Å². The quantitative estimate of drug-likeness (QED) is 0.688. The van der Waals surface area contributed by atoms with Crippen molar-refractivity contribution in [2.75, 3.05) is 5.32 Å². The second kappa shape index (κ2) is 5.96. The van der Waals surface area contributed by atoms with Crippen molar-refractivity contribution in [3.8, 4) is 11.3 Å². The molecule has 6 heteroatoms. The molecule has 24 heavy (non-hydrogen) atoms. The van der Waals surface area contributed by atoms with Crippen molar-refractivity contribution in [1.29, 1.82) is 0 Å². The Morgan fingerprint density at radius 1 is 1.04 bits per heavy atom. The molecule has 0 bridgehead atoms. The number of rotatable bonds is 2. The Balaban J connectivity index is 1.87. The largest absolute Gasteiger partial charge is 0.309 e. The van der Waals surface area contributed by atoms with Crippen LogP contribution in [0.3, 0.4) is 0 Å². The maximum absolute atomic E-state index is 12.1. The van der Waals surface area contributed by atoms with Gasteiger partial charge in [-0.1, -0.05) is 47.5 Å². The highest BCUT2D eigenvalue weighted by Crippen LogP contribution is 2.42. The van der Waals surface area contributed by atoms with Gasteiger partial charge in [0.25, 0.3) is 0 Å². The van der Waals surface area contributed by atoms with E-state index >= 15 is 0 Å². The second-order valence-electron chi connectivity index (χ2n) is 5.73. The van der Waals surface area contributed by atoms with Crippen LogP contribution in [0.4, 0.5) is 5.82 Å². The number of carbonyl (C=O) groups is 1. The van der Waals surface area contributed by atoms with Crippen molar-refractivity contribution in [3.05, 3.63) is 69.7 Å². The van der Waals surface area contributed by atoms with E-state index in [1.807, 2.05) is 48.5 Å². The molecule has 1 aliphatic rings. The van der Waals surface area contributed by atoms with Crippen LogP contribution < -0.4 is 5.32 Å². The minimum absolute atomic E-state index is 0.0540. The number of H-pyrrole nitrogens is 1. The molecule has 120 valence electrons. The SMILES string of the molecule is O=C1CC(c2cccc(Cl)c2)c2c(n[nH]c2-c2ccc(Cl)cc2)N1. The van der Waals surface area contributed by atoms with Crippen LogP contribution in [-0.2, 0) is 4.79 Å². The third-order valence-electron chi connectivity index (χ3n) is 4.18. The van der Waals surface area contributed by atoms with Gasteiger partial charge in [0.2, 0.25) is 5.91 Å². The lowest BCUT2D eigenvalue weighted by atomic mass is 9.84. The standard InChI is InChI=1S/C18H13Cl2N3O/c19-12-6-4-10(5-7-12)17-16-14(11-2-1-3-13(20)8-11)9-15(24)21-18(16)23-22-17/h1-8,14H,9H2,(H2,21,22,23,24). The minimum Gasteiger partial charge on any atom is -0.309 e. The molecule has 1 aliphatic heterocycles. The average molecular weight is 358 g/mol. The molecule has 2 N–H and O–H groups in total. The summed E-state index contributed by atoms with van der Waals surface area (Å²) in [5.41, 5.74) is 3.82. The van der Waals surface area contributed by atoms with Gasteiger partial charge >= 0.3 is 0 Å². The highest BCUT2D eigenvalue weighted by Gasteiger charge is 2.32. The van der Waals surface area contributed by atoms with Gasteiger partial charge < -0.3 is 5.32 Å². The molecular weight excluding hydrogens is 345 g/mol. The van der Waals surface area contributed by atoms with Gasteiger partial charge in [-0.15, -0.1) is 0 Å². The number of amides is 1. The van der Waals surface area contributed by atoms with Gasteiger partial charge in [-0.25, -0.2) is 0 Å². The monoisotopic (exact) mass is 357 g/mol. The van der Waals surface area contributed by atoms with E-state index in [9.17, 15) is 4.79 Å². The second-order valence-corrected chi connectivity index (χ2v) is 6.60. The first kappa shape index (κ1) is 15.2. The third-order valence-corrected chi connectivity index (χ3v) is 4.67. The van der Waals surface area contributed by atoms with E-state index in [0.717, 1.165) is 22.4 Å². The van der Waals surface area contributed by atoms with Crippen LogP contribution in [0.2, 0.25) is 10.0 Å². The number of fused-ring (bicyclic) bond motifs is 1. The minimum atomic E-state index is -0.100. The molecule has 0 fully saturated rings. The fourth-order valence-electron chi connectivity index (χ4n) is 3.10. The van der Waals surface area contributed by atoms with Crippen LogP contribution in [0, 0.1) is 0 Å². The molecule has 4 rings (SSSR count). The summed E-state index contributed by atoms with van der Waals surface area (Å²) in [4.78, 5) is 12.1. The van der Waals surface area contributed by atoms with Crippen molar-refractivity contribution >= 4 is 34.9 Å². The molecule has 0 saturated heterocycles. The number of aromatic nitrogens is 2. The molecule has 0 radical (unpaired) electrons. The summed E-state index contributed by atoms with van der Waals surface area (Å²) < 4.78 is 0. The highest BCUT2D eigenvalue weighted by molar-refractivity contribution is 6.31. The van der Waals surface area contributed by atoms with Gasteiger partial charge in [-0.3, -0.25) is 9.89 Å². The highest BCUT2D eigenvalue weighted by atomic mass is 35.5. The maximum atomic E-state index is 12.1. The summed E-state index contributed by atoms with van der Waals surface area (Å²) >= 11 is 12.1. The summed E-state index contributed by atoms with van der Waals surface area (Å²) in [6.07, 6.45) is 0.355. The molecule has 1 amide bonds. The summed E-state index contributed by atoms with van der Waals surface area (Å²) in [5, 5.41) is 11.5. The van der Waals surface area contributed by atoms with Crippen LogP contribution in [0.25, 0.3) is 11.3 Å². The molecule has 0 spiro atoms. The van der Waals surface area contributed by atoms with Gasteiger partial charge in [0, 0.05) is 33.5 Å². The Kier molecular flexibility index (Phi) is 3.79. The zero-order valence-electron chi connectivity index (χ0n) is 12.5. The first-order chi connectivity index (χ1) is 11.6. The lowest BCUT2D eigenvalue weighted by Gasteiger charge is -2.23. The van der Waals surface area contributed by atoms with E-state index in [0.29, 0.717) is 22.3 Å². The van der Waals surface area contributed by atoms with Crippen molar-refractivity contribution in [2.45, 2.75) is 12.3 Å². The van der Waals surface area contributed by atoms with E-state index in [4.69, 9.17) is 23.2 Å². The van der Waals surface area contributed by atoms with Crippen LogP contribution >= 0.6 is 23.2 Å². The Hall–Kier alpha value is -2.30. The smallest absolute Gasteiger partial charge is 0.226 e. The molecule has 2 aromatic carbocycles. The molecule has 1 atom stereocenters. The fraction of sp³-hybridized carbons (Fsp3) is 0.111. The van der Waals surface area contributed by atoms with Gasteiger partial charge in [0.1, 0.15) is 0 Å². The molecule has 0 saturated carbocycles. The summed E-state index contributed by atoms with van der Waals surface area (Å²) in [6, 6.07) is 15.1. The predicted octanol–water partition coefficient (Wildman–Crippen LogP) is 4.86. The summed E-state index contributed by atoms with van der Waals surface area (Å²) in [6.45, 7) is 0. The zero-order chi connectivity index (χ0) is 16.7. The lowest BCUT2D eigenvalue weighted by molar-refractivity contribution is -0.116. The van der Waals surface area contributed by atoms with Crippen molar-refractivity contribution in [1.82, 2.24) is 10.2 Å². The molecule has 0 aliphatic carbocycles. The number of aromatic amines is 1. The average Bonchev–Trinajstić information content (AvgIpc) is 2.98. The molecule has 1 unspecified atom stereocenters. The molecule has 3 aromatic rings. The van der Waals surface area contributed by atoms with Crippen LogP contribution in [-0.4, -0.2) is 16.1 Å². The Morgan fingerprint density at radius 3 is 2.58 bits per heavy atom. The van der Waals surface area contributed by atoms with E-state index in [1.165, 1.54) is 0 Å². The topological polar surface area (TPSA) is 57.8 Å². The lowest BCUT2D eigenvalue weighted by Crippen LogP contribution is -2.23. The normalized spacial score (nSPS) is 16.6. The van der Waals surface area contributed by atoms with E-state index in [-0.39, 0.29) is 11.8 Å². The Morgan fingerprint density at radius 2 is 1.83 bits per heavy atom. The number of halogens is 2. The third kappa shape index (κ3) is 2.68. The van der Waals surface area contributed by atoms with E-state index < -0.39 is 0 Å². The maximum Gasteiger partial charge on any atom is 0.226 e. The number of anilines is 1. The number of carbonyl (C=O) groups excluding carboxylic acids is 1. The first-order valence-corrected chi connectivity index (χ1v) is 8.27. The molecule has 1 aromatic heterocycles. The van der Waals surface area contributed by atoms with Gasteiger partial charge in [0.05, 0.1) is 5.69 Å². The molecule has 2 heterocycles. The predicted molar refractivity (Wildman–Crippen MR) is 95.6 cm³/mol. The van der Waals surface area contributed by atoms with Crippen molar-refractivity contribution in [2.24, 2.45) is 0 Å². The fourth-order valence-corrected chi connectivity index (χ4v) is 3.42. The van der Waals surface area contributed by atoms with E-state index in [1.54, 1.807) is 0 Å².